The standard InChI is InChI=1S/C12H15NOS/c1-8(2)15-7-11-6-9-5-10(13)3-4-12(9)14-11/h3-6,8H,7,13H2,1-2H3. The molecule has 2 nitrogen and oxygen atoms in total. The van der Waals surface area contributed by atoms with Crippen LogP contribution in [-0.2, 0) is 5.75 Å². The van der Waals surface area contributed by atoms with E-state index in [1.54, 1.807) is 0 Å². The van der Waals surface area contributed by atoms with Gasteiger partial charge in [-0.2, -0.15) is 11.8 Å². The summed E-state index contributed by atoms with van der Waals surface area (Å²) in [6, 6.07) is 7.81. The molecule has 0 bridgehead atoms. The lowest BCUT2D eigenvalue weighted by Crippen LogP contribution is -1.86. The highest BCUT2D eigenvalue weighted by Crippen LogP contribution is 2.25. The monoisotopic (exact) mass is 221 g/mol. The molecule has 0 fully saturated rings. The van der Waals surface area contributed by atoms with Gasteiger partial charge in [0.25, 0.3) is 0 Å². The molecule has 2 aromatic rings. The predicted octanol–water partition coefficient (Wildman–Crippen LogP) is 3.66. The summed E-state index contributed by atoms with van der Waals surface area (Å²) in [4.78, 5) is 0. The minimum absolute atomic E-state index is 0.628. The van der Waals surface area contributed by atoms with Crippen LogP contribution in [0.2, 0.25) is 0 Å². The van der Waals surface area contributed by atoms with Crippen LogP contribution in [-0.4, -0.2) is 5.25 Å². The van der Waals surface area contributed by atoms with Crippen LogP contribution in [0.4, 0.5) is 5.69 Å². The van der Waals surface area contributed by atoms with Crippen LogP contribution < -0.4 is 5.73 Å². The van der Waals surface area contributed by atoms with Crippen molar-refractivity contribution in [2.45, 2.75) is 24.9 Å². The summed E-state index contributed by atoms with van der Waals surface area (Å²) in [5.74, 6) is 1.95. The Balaban J connectivity index is 2.23. The fourth-order valence-electron chi connectivity index (χ4n) is 1.44. The maximum atomic E-state index is 5.71. The molecule has 0 spiro atoms. The van der Waals surface area contributed by atoms with Crippen LogP contribution in [0.15, 0.2) is 28.7 Å². The fourth-order valence-corrected chi connectivity index (χ4v) is 2.08. The Morgan fingerprint density at radius 1 is 1.33 bits per heavy atom. The van der Waals surface area contributed by atoms with E-state index in [4.69, 9.17) is 10.2 Å². The predicted molar refractivity (Wildman–Crippen MR) is 67.1 cm³/mol. The minimum Gasteiger partial charge on any atom is -0.460 e. The molecule has 0 saturated heterocycles. The highest BCUT2D eigenvalue weighted by molar-refractivity contribution is 7.99. The van der Waals surface area contributed by atoms with Crippen molar-refractivity contribution in [1.29, 1.82) is 0 Å². The molecular weight excluding hydrogens is 206 g/mol. The lowest BCUT2D eigenvalue weighted by Gasteiger charge is -2.00. The van der Waals surface area contributed by atoms with Gasteiger partial charge < -0.3 is 10.2 Å². The van der Waals surface area contributed by atoms with Gasteiger partial charge in [-0.25, -0.2) is 0 Å². The summed E-state index contributed by atoms with van der Waals surface area (Å²) in [5.41, 5.74) is 7.41. The van der Waals surface area contributed by atoms with Crippen molar-refractivity contribution in [2.24, 2.45) is 0 Å². The first-order chi connectivity index (χ1) is 7.15. The van der Waals surface area contributed by atoms with Crippen molar-refractivity contribution in [3.63, 3.8) is 0 Å². The fraction of sp³-hybridized carbons (Fsp3) is 0.333. The Kier molecular flexibility index (Phi) is 2.91. The van der Waals surface area contributed by atoms with E-state index < -0.39 is 0 Å². The zero-order valence-corrected chi connectivity index (χ0v) is 9.80. The first-order valence-electron chi connectivity index (χ1n) is 5.04. The molecule has 3 heteroatoms. The summed E-state index contributed by atoms with van der Waals surface area (Å²) in [6.07, 6.45) is 0. The molecule has 0 aliphatic carbocycles. The third kappa shape index (κ3) is 2.48. The van der Waals surface area contributed by atoms with Crippen LogP contribution in [0.5, 0.6) is 0 Å². The van der Waals surface area contributed by atoms with Crippen LogP contribution in [0.25, 0.3) is 11.0 Å². The Bertz CT molecular complexity index is 462. The van der Waals surface area contributed by atoms with Gasteiger partial charge in [-0.15, -0.1) is 0 Å². The number of hydrogen-bond acceptors (Lipinski definition) is 3. The summed E-state index contributed by atoms with van der Waals surface area (Å²) >= 11 is 1.88. The number of nitrogen functional groups attached to an aromatic ring is 1. The van der Waals surface area contributed by atoms with Gasteiger partial charge in [0.15, 0.2) is 0 Å². The Morgan fingerprint density at radius 2 is 2.13 bits per heavy atom. The maximum absolute atomic E-state index is 5.71. The number of nitrogens with two attached hydrogens (primary N) is 1. The van der Waals surface area contributed by atoms with Crippen molar-refractivity contribution in [3.05, 3.63) is 30.0 Å². The largest absolute Gasteiger partial charge is 0.460 e. The van der Waals surface area contributed by atoms with E-state index in [2.05, 4.69) is 19.9 Å². The smallest absolute Gasteiger partial charge is 0.134 e. The van der Waals surface area contributed by atoms with Crippen LogP contribution in [0.3, 0.4) is 0 Å². The molecule has 2 rings (SSSR count). The van der Waals surface area contributed by atoms with Gasteiger partial charge in [-0.05, 0) is 29.5 Å². The summed E-state index contributed by atoms with van der Waals surface area (Å²) in [6.45, 7) is 4.37. The molecule has 0 aliphatic rings. The number of furan rings is 1. The third-order valence-electron chi connectivity index (χ3n) is 2.15. The molecule has 0 aliphatic heterocycles. The summed E-state index contributed by atoms with van der Waals surface area (Å²) < 4.78 is 5.70. The van der Waals surface area contributed by atoms with E-state index >= 15 is 0 Å². The molecule has 0 radical (unpaired) electrons. The van der Waals surface area contributed by atoms with Crippen LogP contribution in [0, 0.1) is 0 Å². The molecule has 0 unspecified atom stereocenters. The molecule has 1 aromatic heterocycles. The van der Waals surface area contributed by atoms with E-state index in [-0.39, 0.29) is 0 Å². The van der Waals surface area contributed by atoms with E-state index in [9.17, 15) is 0 Å². The highest BCUT2D eigenvalue weighted by atomic mass is 32.2. The Morgan fingerprint density at radius 3 is 2.87 bits per heavy atom. The lowest BCUT2D eigenvalue weighted by molar-refractivity contribution is 0.574. The SMILES string of the molecule is CC(C)SCc1cc2cc(N)ccc2o1. The Labute approximate surface area is 93.8 Å². The first kappa shape index (κ1) is 10.4. The molecule has 0 saturated carbocycles. The van der Waals surface area contributed by atoms with Gasteiger partial charge in [0.1, 0.15) is 11.3 Å². The molecule has 0 atom stereocenters. The second-order valence-corrected chi connectivity index (χ2v) is 5.43. The molecule has 1 heterocycles. The Hall–Kier alpha value is -1.09. The molecule has 15 heavy (non-hydrogen) atoms. The maximum Gasteiger partial charge on any atom is 0.134 e. The van der Waals surface area contributed by atoms with Crippen molar-refractivity contribution in [2.75, 3.05) is 5.73 Å². The number of anilines is 1. The van der Waals surface area contributed by atoms with Gasteiger partial charge >= 0.3 is 0 Å². The van der Waals surface area contributed by atoms with Gasteiger partial charge in [-0.3, -0.25) is 0 Å². The second-order valence-electron chi connectivity index (χ2n) is 3.87. The van der Waals surface area contributed by atoms with E-state index in [0.717, 1.165) is 28.2 Å². The molecule has 1 aromatic carbocycles. The van der Waals surface area contributed by atoms with E-state index in [0.29, 0.717) is 5.25 Å². The molecule has 80 valence electrons. The molecular formula is C12H15NOS. The van der Waals surface area contributed by atoms with E-state index in [1.165, 1.54) is 0 Å². The van der Waals surface area contributed by atoms with Gasteiger partial charge in [0, 0.05) is 11.1 Å². The van der Waals surface area contributed by atoms with Crippen molar-refractivity contribution in [1.82, 2.24) is 0 Å². The number of hydrogen-bond donors (Lipinski definition) is 1. The normalized spacial score (nSPS) is 11.4. The zero-order valence-electron chi connectivity index (χ0n) is 8.99. The number of thioether (sulfide) groups is 1. The number of fused-ring (bicyclic) bond motifs is 1. The summed E-state index contributed by atoms with van der Waals surface area (Å²) in [5, 5.41) is 1.72. The topological polar surface area (TPSA) is 39.2 Å². The van der Waals surface area contributed by atoms with Crippen molar-refractivity contribution < 1.29 is 4.42 Å². The van der Waals surface area contributed by atoms with Crippen molar-refractivity contribution in [3.8, 4) is 0 Å². The average Bonchev–Trinajstić information content (AvgIpc) is 2.56. The zero-order chi connectivity index (χ0) is 10.8. The quantitative estimate of drug-likeness (QED) is 0.804. The highest BCUT2D eigenvalue weighted by Gasteiger charge is 2.04. The van der Waals surface area contributed by atoms with Crippen molar-refractivity contribution >= 4 is 28.4 Å². The summed E-state index contributed by atoms with van der Waals surface area (Å²) in [7, 11) is 0. The van der Waals surface area contributed by atoms with Crippen LogP contribution in [0.1, 0.15) is 19.6 Å². The number of benzene rings is 1. The molecule has 2 N–H and O–H groups in total. The van der Waals surface area contributed by atoms with Gasteiger partial charge in [-0.1, -0.05) is 13.8 Å². The molecule has 0 amide bonds. The second kappa shape index (κ2) is 4.19. The van der Waals surface area contributed by atoms with Gasteiger partial charge in [0.05, 0.1) is 5.75 Å². The average molecular weight is 221 g/mol. The van der Waals surface area contributed by atoms with Gasteiger partial charge in [0.2, 0.25) is 0 Å². The number of rotatable bonds is 3. The van der Waals surface area contributed by atoms with Crippen LogP contribution >= 0.6 is 11.8 Å². The third-order valence-corrected chi connectivity index (χ3v) is 3.27. The first-order valence-corrected chi connectivity index (χ1v) is 6.09. The lowest BCUT2D eigenvalue weighted by atomic mass is 10.2. The minimum atomic E-state index is 0.628. The van der Waals surface area contributed by atoms with E-state index in [1.807, 2.05) is 30.0 Å².